The first kappa shape index (κ1) is 27.3. The van der Waals surface area contributed by atoms with E-state index in [-0.39, 0.29) is 17.6 Å². The summed E-state index contributed by atoms with van der Waals surface area (Å²) < 4.78 is 132. The number of alkyl halides is 1. The van der Waals surface area contributed by atoms with Gasteiger partial charge in [-0.1, -0.05) is 72.8 Å². The highest BCUT2D eigenvalue weighted by molar-refractivity contribution is 5.90. The fourth-order valence-corrected chi connectivity index (χ4v) is 4.88. The van der Waals surface area contributed by atoms with Crippen LogP contribution in [0.5, 0.6) is 11.5 Å². The van der Waals surface area contributed by atoms with Crippen molar-refractivity contribution >= 4 is 27.1 Å². The Morgan fingerprint density at radius 1 is 0.571 bits per heavy atom. The Bertz CT molecular complexity index is 1860. The van der Waals surface area contributed by atoms with Gasteiger partial charge in [0.1, 0.15) is 11.5 Å². The van der Waals surface area contributed by atoms with E-state index in [9.17, 15) is 17.6 Å². The monoisotopic (exact) mass is 584 g/mol. The first-order valence-corrected chi connectivity index (χ1v) is 12.4. The lowest BCUT2D eigenvalue weighted by molar-refractivity contribution is -0.142. The van der Waals surface area contributed by atoms with E-state index < -0.39 is 63.8 Å². The molecule has 5 aromatic rings. The van der Waals surface area contributed by atoms with E-state index in [1.807, 2.05) is 0 Å². The maximum absolute atomic E-state index is 16.3. The number of benzene rings is 5. The normalized spacial score (nSPS) is 16.8. The molecule has 0 saturated carbocycles. The van der Waals surface area contributed by atoms with Gasteiger partial charge in [-0.3, -0.25) is 0 Å². The van der Waals surface area contributed by atoms with Crippen LogP contribution in [-0.4, -0.2) is 12.0 Å². The minimum atomic E-state index is -3.51. The molecule has 0 bridgehead atoms. The van der Waals surface area contributed by atoms with Gasteiger partial charge in [0.2, 0.25) is 12.0 Å². The van der Waals surface area contributed by atoms with E-state index >= 15 is 17.6 Å². The lowest BCUT2D eigenvalue weighted by atomic mass is 9.90. The van der Waals surface area contributed by atoms with Gasteiger partial charge in [0.15, 0.2) is 34.9 Å². The van der Waals surface area contributed by atoms with Crippen LogP contribution in [0.1, 0.15) is 5.56 Å². The van der Waals surface area contributed by atoms with Gasteiger partial charge in [0, 0.05) is 16.3 Å². The zero-order valence-corrected chi connectivity index (χ0v) is 21.1. The first-order valence-electron chi connectivity index (χ1n) is 12.4. The summed E-state index contributed by atoms with van der Waals surface area (Å²) in [6, 6.07) is 21.6. The van der Waals surface area contributed by atoms with Crippen LogP contribution in [-0.2, 0) is 0 Å². The zero-order chi connectivity index (χ0) is 29.8. The van der Waals surface area contributed by atoms with Crippen molar-refractivity contribution in [2.45, 2.75) is 12.0 Å². The third-order valence-electron chi connectivity index (χ3n) is 6.91. The van der Waals surface area contributed by atoms with E-state index in [2.05, 4.69) is 0 Å². The van der Waals surface area contributed by atoms with Crippen LogP contribution in [0.3, 0.4) is 0 Å². The summed E-state index contributed by atoms with van der Waals surface area (Å²) in [5.74, 6) is -19.7. The third-order valence-corrected chi connectivity index (χ3v) is 6.91. The standard InChI is InChI=1S/C32H16F8O2/c33-21-15-20(25(34)29(38)26(21)35)24-27(36)30(39)32(31(40)28(24)37,41-22-13-5-9-16-7-1-3-11-18(16)22)42-23-14-6-10-17-8-2-4-12-19(17)23/h1-15,30H. The fraction of sp³-hybridized carbons (Fsp3) is 0.0625. The molecular formula is C32H16F8O2. The maximum Gasteiger partial charge on any atom is 0.346 e. The van der Waals surface area contributed by atoms with Crippen LogP contribution in [0.25, 0.3) is 27.1 Å². The van der Waals surface area contributed by atoms with E-state index in [0.29, 0.717) is 21.5 Å². The molecule has 10 heteroatoms. The van der Waals surface area contributed by atoms with Crippen LogP contribution in [0.4, 0.5) is 35.1 Å². The molecule has 42 heavy (non-hydrogen) atoms. The zero-order valence-electron chi connectivity index (χ0n) is 21.1. The van der Waals surface area contributed by atoms with E-state index in [1.54, 1.807) is 48.5 Å². The molecule has 0 heterocycles. The van der Waals surface area contributed by atoms with Gasteiger partial charge >= 0.3 is 5.79 Å². The molecule has 0 spiro atoms. The Balaban J connectivity index is 1.59. The average Bonchev–Trinajstić information content (AvgIpc) is 3.01. The molecule has 1 aliphatic carbocycles. The second-order valence-electron chi connectivity index (χ2n) is 9.39. The lowest BCUT2D eigenvalue weighted by Crippen LogP contribution is -2.54. The summed E-state index contributed by atoms with van der Waals surface area (Å²) in [6.45, 7) is 0. The van der Waals surface area contributed by atoms with E-state index in [1.165, 1.54) is 36.4 Å². The number of hydrogen-bond donors (Lipinski definition) is 0. The highest BCUT2D eigenvalue weighted by atomic mass is 19.2. The van der Waals surface area contributed by atoms with Crippen molar-refractivity contribution in [3.8, 4) is 11.5 Å². The van der Waals surface area contributed by atoms with E-state index in [4.69, 9.17) is 9.47 Å². The van der Waals surface area contributed by atoms with Gasteiger partial charge in [-0.15, -0.1) is 0 Å². The van der Waals surface area contributed by atoms with Crippen molar-refractivity contribution in [2.75, 3.05) is 0 Å². The molecule has 212 valence electrons. The van der Waals surface area contributed by atoms with Crippen LogP contribution in [0, 0.1) is 23.3 Å². The molecule has 0 N–H and O–H groups in total. The minimum Gasteiger partial charge on any atom is -0.443 e. The minimum absolute atomic E-state index is 0.105. The molecule has 6 rings (SSSR count). The second-order valence-corrected chi connectivity index (χ2v) is 9.39. The van der Waals surface area contributed by atoms with Crippen molar-refractivity contribution in [3.63, 3.8) is 0 Å². The van der Waals surface area contributed by atoms with Crippen molar-refractivity contribution in [1.82, 2.24) is 0 Å². The molecule has 0 aromatic heterocycles. The Labute approximate surface area is 232 Å². The van der Waals surface area contributed by atoms with Gasteiger partial charge < -0.3 is 9.47 Å². The average molecular weight is 584 g/mol. The molecule has 0 saturated heterocycles. The summed E-state index contributed by atoms with van der Waals surface area (Å²) in [4.78, 5) is 0. The molecule has 5 aromatic carbocycles. The van der Waals surface area contributed by atoms with Gasteiger partial charge in [-0.05, 0) is 29.0 Å². The molecule has 2 nitrogen and oxygen atoms in total. The first-order chi connectivity index (χ1) is 20.1. The Hall–Kier alpha value is -4.86. The number of ether oxygens (including phenoxy) is 2. The molecule has 1 unspecified atom stereocenters. The van der Waals surface area contributed by atoms with Crippen LogP contribution >= 0.6 is 0 Å². The van der Waals surface area contributed by atoms with Crippen LogP contribution < -0.4 is 9.47 Å². The number of halogens is 8. The molecule has 0 radical (unpaired) electrons. The van der Waals surface area contributed by atoms with Crippen molar-refractivity contribution in [3.05, 3.63) is 137 Å². The molecular weight excluding hydrogens is 568 g/mol. The Morgan fingerprint density at radius 3 is 1.62 bits per heavy atom. The highest BCUT2D eigenvalue weighted by Crippen LogP contribution is 2.50. The van der Waals surface area contributed by atoms with Crippen molar-refractivity contribution in [2.24, 2.45) is 0 Å². The molecule has 1 atom stereocenters. The molecule has 0 aliphatic heterocycles. The predicted octanol–water partition coefficient (Wildman–Crippen LogP) is 9.59. The van der Waals surface area contributed by atoms with Crippen LogP contribution in [0.15, 0.2) is 108 Å². The Morgan fingerprint density at radius 2 is 1.07 bits per heavy atom. The third kappa shape index (κ3) is 4.17. The SMILES string of the molecule is FC1=C(F)C(Oc2cccc3ccccc23)(Oc2cccc3ccccc23)C(F)C(F)=C1c1cc(F)c(F)c(F)c1F. The number of fused-ring (bicyclic) bond motifs is 2. The Kier molecular flexibility index (Phi) is 6.64. The lowest BCUT2D eigenvalue weighted by Gasteiger charge is -2.38. The summed E-state index contributed by atoms with van der Waals surface area (Å²) in [5.41, 5.74) is -3.38. The predicted molar refractivity (Wildman–Crippen MR) is 140 cm³/mol. The van der Waals surface area contributed by atoms with Crippen molar-refractivity contribution < 1.29 is 44.6 Å². The van der Waals surface area contributed by atoms with E-state index in [0.717, 1.165) is 0 Å². The van der Waals surface area contributed by atoms with Gasteiger partial charge in [-0.2, -0.15) is 4.39 Å². The topological polar surface area (TPSA) is 18.5 Å². The molecule has 1 aliphatic rings. The summed E-state index contributed by atoms with van der Waals surface area (Å²) in [7, 11) is 0. The molecule has 0 fully saturated rings. The van der Waals surface area contributed by atoms with Gasteiger partial charge in [0.05, 0.1) is 5.57 Å². The van der Waals surface area contributed by atoms with Crippen molar-refractivity contribution in [1.29, 1.82) is 0 Å². The fourth-order valence-electron chi connectivity index (χ4n) is 4.88. The maximum atomic E-state index is 16.3. The largest absolute Gasteiger partial charge is 0.443 e. The number of hydrogen-bond acceptors (Lipinski definition) is 2. The second kappa shape index (κ2) is 10.2. The summed E-state index contributed by atoms with van der Waals surface area (Å²) >= 11 is 0. The van der Waals surface area contributed by atoms with Crippen LogP contribution in [0.2, 0.25) is 0 Å². The smallest absolute Gasteiger partial charge is 0.346 e. The van der Waals surface area contributed by atoms with Gasteiger partial charge in [-0.25, -0.2) is 30.7 Å². The summed E-state index contributed by atoms with van der Waals surface area (Å²) in [5, 5.41) is 1.68. The summed E-state index contributed by atoms with van der Waals surface area (Å²) in [6.07, 6.45) is -3.36. The highest BCUT2D eigenvalue weighted by Gasteiger charge is 2.59. The molecule has 0 amide bonds. The number of allylic oxidation sites excluding steroid dienone is 2. The quantitative estimate of drug-likeness (QED) is 0.0887. The van der Waals surface area contributed by atoms with Gasteiger partial charge in [0.25, 0.3) is 0 Å². The number of rotatable bonds is 5.